The first-order valence-electron chi connectivity index (χ1n) is 12.2. The van der Waals surface area contributed by atoms with Crippen LogP contribution in [0.5, 0.6) is 0 Å². The Morgan fingerprint density at radius 1 is 0.871 bits per heavy atom. The second-order valence-corrected chi connectivity index (χ2v) is 9.76. The second kappa shape index (κ2) is 9.27. The largest absolute Gasteiger partial charge is 0.0992 e. The molecule has 158 valence electrons. The van der Waals surface area contributed by atoms with E-state index in [1.165, 1.54) is 83.1 Å². The molecule has 2 aromatic rings. The van der Waals surface area contributed by atoms with E-state index in [0.29, 0.717) is 0 Å². The highest BCUT2D eigenvalue weighted by atomic mass is 14.3. The van der Waals surface area contributed by atoms with E-state index in [2.05, 4.69) is 73.3 Å². The third-order valence-corrected chi connectivity index (χ3v) is 7.29. The van der Waals surface area contributed by atoms with Crippen molar-refractivity contribution in [3.63, 3.8) is 0 Å². The third kappa shape index (κ3) is 4.85. The molecule has 0 heteroatoms. The van der Waals surface area contributed by atoms with Crippen LogP contribution in [-0.4, -0.2) is 0 Å². The van der Waals surface area contributed by atoms with Gasteiger partial charge >= 0.3 is 0 Å². The van der Waals surface area contributed by atoms with Gasteiger partial charge in [-0.25, -0.2) is 0 Å². The third-order valence-electron chi connectivity index (χ3n) is 7.29. The Balaban J connectivity index is 1.25. The lowest BCUT2D eigenvalue weighted by Crippen LogP contribution is -2.09. The van der Waals surface area contributed by atoms with Gasteiger partial charge in [0.05, 0.1) is 0 Å². The molecule has 5 rings (SSSR count). The number of hydrogen-bond acceptors (Lipinski definition) is 0. The number of hydrogen-bond donors (Lipinski definition) is 0. The van der Waals surface area contributed by atoms with Gasteiger partial charge in [0.15, 0.2) is 0 Å². The molecular weight excluding hydrogens is 372 g/mol. The summed E-state index contributed by atoms with van der Waals surface area (Å²) in [4.78, 5) is 0. The van der Waals surface area contributed by atoms with E-state index in [-0.39, 0.29) is 0 Å². The van der Waals surface area contributed by atoms with Crippen LogP contribution in [0.25, 0.3) is 6.08 Å². The fraction of sp³-hybridized carbons (Fsp3) is 0.355. The molecule has 1 fully saturated rings. The molecular formula is C31H34. The summed E-state index contributed by atoms with van der Waals surface area (Å²) in [6, 6.07) is 18.0. The molecule has 0 aromatic heterocycles. The predicted molar refractivity (Wildman–Crippen MR) is 133 cm³/mol. The van der Waals surface area contributed by atoms with Gasteiger partial charge in [0, 0.05) is 0 Å². The Kier molecular flexibility index (Phi) is 6.07. The highest BCUT2D eigenvalue weighted by Crippen LogP contribution is 2.38. The van der Waals surface area contributed by atoms with Crippen LogP contribution in [-0.2, 0) is 19.3 Å². The van der Waals surface area contributed by atoms with Crippen molar-refractivity contribution in [2.75, 3.05) is 0 Å². The Morgan fingerprint density at radius 2 is 1.71 bits per heavy atom. The molecule has 0 heterocycles. The van der Waals surface area contributed by atoms with Crippen LogP contribution in [0.4, 0.5) is 0 Å². The van der Waals surface area contributed by atoms with Crippen LogP contribution in [0.15, 0.2) is 89.6 Å². The van der Waals surface area contributed by atoms with E-state index in [0.717, 1.165) is 31.6 Å². The van der Waals surface area contributed by atoms with Crippen LogP contribution in [0, 0.1) is 5.92 Å². The summed E-state index contributed by atoms with van der Waals surface area (Å²) >= 11 is 0. The van der Waals surface area contributed by atoms with Crippen molar-refractivity contribution in [1.29, 1.82) is 0 Å². The average molecular weight is 407 g/mol. The Morgan fingerprint density at radius 3 is 2.55 bits per heavy atom. The van der Waals surface area contributed by atoms with Crippen LogP contribution >= 0.6 is 0 Å². The summed E-state index contributed by atoms with van der Waals surface area (Å²) in [5.41, 5.74) is 11.6. The maximum atomic E-state index is 4.39. The molecule has 0 N–H and O–H groups in total. The van der Waals surface area contributed by atoms with Gasteiger partial charge in [0.1, 0.15) is 0 Å². The summed E-state index contributed by atoms with van der Waals surface area (Å²) in [6.07, 6.45) is 19.8. The zero-order chi connectivity index (χ0) is 21.0. The van der Waals surface area contributed by atoms with Crippen LogP contribution in [0.3, 0.4) is 0 Å². The number of fused-ring (bicyclic) bond motifs is 1. The zero-order valence-corrected chi connectivity index (χ0v) is 18.7. The van der Waals surface area contributed by atoms with Crippen LogP contribution < -0.4 is 0 Å². The van der Waals surface area contributed by atoms with Gasteiger partial charge in [-0.1, -0.05) is 111 Å². The standard InChI is InChI=1S/C31H34/c1-23(17-24-9-4-2-5-10-24)18-28-13-8-14-31(28)30-21-27-16-15-26(20-29(27)22-30)19-25-11-6-3-7-12-25/h2,4-5,9-10,13-16,20,22,25H,1,3,6-8,11-12,17-19,21H2. The van der Waals surface area contributed by atoms with Gasteiger partial charge in [-0.15, -0.1) is 0 Å². The molecule has 0 bridgehead atoms. The highest BCUT2D eigenvalue weighted by molar-refractivity contribution is 5.72. The minimum Gasteiger partial charge on any atom is -0.0992 e. The number of rotatable bonds is 7. The van der Waals surface area contributed by atoms with E-state index in [1.54, 1.807) is 0 Å². The minimum absolute atomic E-state index is 0.902. The summed E-state index contributed by atoms with van der Waals surface area (Å²) in [7, 11) is 0. The topological polar surface area (TPSA) is 0 Å². The fourth-order valence-electron chi connectivity index (χ4n) is 5.69. The van der Waals surface area contributed by atoms with Crippen molar-refractivity contribution in [1.82, 2.24) is 0 Å². The van der Waals surface area contributed by atoms with Crippen LogP contribution in [0.1, 0.15) is 67.2 Å². The number of benzene rings is 2. The minimum atomic E-state index is 0.902. The Bertz CT molecular complexity index is 1040. The molecule has 0 saturated heterocycles. The SMILES string of the molecule is C=C(CC1=CCC=C1C1=Cc2cc(CC3CCCCC3)ccc2C1)Cc1ccccc1. The molecule has 0 amide bonds. The molecule has 1 saturated carbocycles. The molecule has 0 aliphatic heterocycles. The van der Waals surface area contributed by atoms with E-state index in [1.807, 2.05) is 0 Å². The van der Waals surface area contributed by atoms with Crippen molar-refractivity contribution in [3.8, 4) is 0 Å². The molecule has 0 nitrogen and oxygen atoms in total. The first kappa shape index (κ1) is 20.3. The molecule has 0 unspecified atom stereocenters. The van der Waals surface area contributed by atoms with E-state index >= 15 is 0 Å². The monoisotopic (exact) mass is 406 g/mol. The Hall–Kier alpha value is -2.60. The predicted octanol–water partition coefficient (Wildman–Crippen LogP) is 8.19. The first-order valence-corrected chi connectivity index (χ1v) is 12.2. The Labute approximate surface area is 188 Å². The molecule has 3 aliphatic carbocycles. The zero-order valence-electron chi connectivity index (χ0n) is 18.7. The van der Waals surface area contributed by atoms with Crippen molar-refractivity contribution in [2.45, 2.75) is 64.2 Å². The van der Waals surface area contributed by atoms with E-state index in [4.69, 9.17) is 0 Å². The van der Waals surface area contributed by atoms with Crippen molar-refractivity contribution in [2.24, 2.45) is 5.92 Å². The quantitative estimate of drug-likeness (QED) is 0.407. The maximum Gasteiger partial charge on any atom is -0.00137 e. The van der Waals surface area contributed by atoms with E-state index in [9.17, 15) is 0 Å². The molecule has 2 aromatic carbocycles. The molecule has 31 heavy (non-hydrogen) atoms. The van der Waals surface area contributed by atoms with Gasteiger partial charge < -0.3 is 0 Å². The van der Waals surface area contributed by atoms with Gasteiger partial charge in [0.2, 0.25) is 0 Å². The first-order chi connectivity index (χ1) is 15.2. The molecule has 0 spiro atoms. The van der Waals surface area contributed by atoms with Crippen molar-refractivity contribution >= 4 is 6.08 Å². The van der Waals surface area contributed by atoms with Crippen molar-refractivity contribution in [3.05, 3.63) is 112 Å². The van der Waals surface area contributed by atoms with Gasteiger partial charge in [-0.2, -0.15) is 0 Å². The molecule has 3 aliphatic rings. The molecule has 0 radical (unpaired) electrons. The summed E-state index contributed by atoms with van der Waals surface area (Å²) < 4.78 is 0. The summed E-state index contributed by atoms with van der Waals surface area (Å²) in [5, 5.41) is 0. The highest BCUT2D eigenvalue weighted by Gasteiger charge is 2.21. The normalized spacial score (nSPS) is 18.4. The summed E-state index contributed by atoms with van der Waals surface area (Å²) in [5.74, 6) is 0.902. The van der Waals surface area contributed by atoms with Crippen LogP contribution in [0.2, 0.25) is 0 Å². The van der Waals surface area contributed by atoms with E-state index < -0.39 is 0 Å². The maximum absolute atomic E-state index is 4.39. The lowest BCUT2D eigenvalue weighted by molar-refractivity contribution is 0.356. The van der Waals surface area contributed by atoms with Gasteiger partial charge in [0.25, 0.3) is 0 Å². The number of allylic oxidation sites excluding steroid dienone is 6. The van der Waals surface area contributed by atoms with Crippen molar-refractivity contribution < 1.29 is 0 Å². The average Bonchev–Trinajstić information content (AvgIpc) is 3.41. The second-order valence-electron chi connectivity index (χ2n) is 9.76. The summed E-state index contributed by atoms with van der Waals surface area (Å²) in [6.45, 7) is 4.39. The van der Waals surface area contributed by atoms with Gasteiger partial charge in [-0.05, 0) is 77.0 Å². The lowest BCUT2D eigenvalue weighted by Gasteiger charge is -2.21. The fourth-order valence-corrected chi connectivity index (χ4v) is 5.69. The van der Waals surface area contributed by atoms with Gasteiger partial charge in [-0.3, -0.25) is 0 Å². The molecule has 0 atom stereocenters. The smallest absolute Gasteiger partial charge is 0.00137 e. The lowest BCUT2D eigenvalue weighted by atomic mass is 9.84.